The van der Waals surface area contributed by atoms with Gasteiger partial charge in [0.15, 0.2) is 11.5 Å². The summed E-state index contributed by atoms with van der Waals surface area (Å²) in [5.41, 5.74) is 4.68. The zero-order chi connectivity index (χ0) is 21.6. The third-order valence-electron chi connectivity index (χ3n) is 4.87. The van der Waals surface area contributed by atoms with Crippen LogP contribution in [0.2, 0.25) is 0 Å². The van der Waals surface area contributed by atoms with Crippen molar-refractivity contribution in [3.8, 4) is 33.3 Å². The van der Waals surface area contributed by atoms with Gasteiger partial charge in [-0.05, 0) is 23.8 Å². The van der Waals surface area contributed by atoms with Gasteiger partial charge in [0.2, 0.25) is 0 Å². The smallest absolute Gasteiger partial charge is 0.251 e. The van der Waals surface area contributed by atoms with Crippen molar-refractivity contribution in [2.24, 2.45) is 0 Å². The first-order chi connectivity index (χ1) is 15.2. The number of aromatic nitrogens is 1. The SMILES string of the molecule is COc1ccc(C(=O)NCc2ccc(-c3nc(-c4ccccc4)cs3)cc2)cc1OC. The molecule has 4 rings (SSSR count). The highest BCUT2D eigenvalue weighted by molar-refractivity contribution is 7.13. The largest absolute Gasteiger partial charge is 0.493 e. The van der Waals surface area contributed by atoms with E-state index >= 15 is 0 Å². The summed E-state index contributed by atoms with van der Waals surface area (Å²) in [6, 6.07) is 23.3. The fourth-order valence-electron chi connectivity index (χ4n) is 3.17. The van der Waals surface area contributed by atoms with Crippen molar-refractivity contribution >= 4 is 17.2 Å². The van der Waals surface area contributed by atoms with Gasteiger partial charge in [0, 0.05) is 28.6 Å². The van der Waals surface area contributed by atoms with Crippen molar-refractivity contribution in [2.45, 2.75) is 6.54 Å². The van der Waals surface area contributed by atoms with Crippen molar-refractivity contribution < 1.29 is 14.3 Å². The Balaban J connectivity index is 1.40. The van der Waals surface area contributed by atoms with Crippen LogP contribution in [0.3, 0.4) is 0 Å². The topological polar surface area (TPSA) is 60.5 Å². The minimum Gasteiger partial charge on any atom is -0.493 e. The number of carbonyl (C=O) groups is 1. The Bertz CT molecular complexity index is 1170. The van der Waals surface area contributed by atoms with E-state index in [1.165, 1.54) is 0 Å². The number of nitrogens with zero attached hydrogens (tertiary/aromatic N) is 1. The molecule has 0 aliphatic carbocycles. The zero-order valence-corrected chi connectivity index (χ0v) is 18.1. The fourth-order valence-corrected chi connectivity index (χ4v) is 4.01. The van der Waals surface area contributed by atoms with Crippen LogP contribution in [0.25, 0.3) is 21.8 Å². The third-order valence-corrected chi connectivity index (χ3v) is 5.76. The number of hydrogen-bond donors (Lipinski definition) is 1. The number of hydrogen-bond acceptors (Lipinski definition) is 5. The molecule has 1 aromatic heterocycles. The van der Waals surface area contributed by atoms with Crippen molar-refractivity contribution in [3.05, 3.63) is 89.3 Å². The van der Waals surface area contributed by atoms with Gasteiger partial charge >= 0.3 is 0 Å². The van der Waals surface area contributed by atoms with Crippen LogP contribution in [0.4, 0.5) is 0 Å². The van der Waals surface area contributed by atoms with Crippen molar-refractivity contribution in [1.82, 2.24) is 10.3 Å². The van der Waals surface area contributed by atoms with Crippen LogP contribution < -0.4 is 14.8 Å². The van der Waals surface area contributed by atoms with Gasteiger partial charge < -0.3 is 14.8 Å². The number of rotatable bonds is 7. The second-order valence-corrected chi connectivity index (χ2v) is 7.71. The van der Waals surface area contributed by atoms with Crippen LogP contribution in [-0.2, 0) is 6.54 Å². The van der Waals surface area contributed by atoms with Gasteiger partial charge in [-0.3, -0.25) is 4.79 Å². The first-order valence-electron chi connectivity index (χ1n) is 9.78. The molecule has 5 nitrogen and oxygen atoms in total. The van der Waals surface area contributed by atoms with Crippen LogP contribution in [0.5, 0.6) is 11.5 Å². The molecular weight excluding hydrogens is 408 g/mol. The quantitative estimate of drug-likeness (QED) is 0.425. The number of carbonyl (C=O) groups excluding carboxylic acids is 1. The number of methoxy groups -OCH3 is 2. The number of thiazole rings is 1. The average molecular weight is 431 g/mol. The van der Waals surface area contributed by atoms with Gasteiger partial charge in [-0.25, -0.2) is 4.98 Å². The van der Waals surface area contributed by atoms with Gasteiger partial charge in [-0.1, -0.05) is 54.6 Å². The van der Waals surface area contributed by atoms with E-state index in [1.807, 2.05) is 42.5 Å². The highest BCUT2D eigenvalue weighted by Crippen LogP contribution is 2.29. The molecule has 1 amide bonds. The highest BCUT2D eigenvalue weighted by atomic mass is 32.1. The highest BCUT2D eigenvalue weighted by Gasteiger charge is 2.11. The van der Waals surface area contributed by atoms with Gasteiger partial charge in [-0.2, -0.15) is 0 Å². The first kappa shape index (κ1) is 20.6. The lowest BCUT2D eigenvalue weighted by Gasteiger charge is -2.10. The Morgan fingerprint density at radius 3 is 2.35 bits per heavy atom. The van der Waals surface area contributed by atoms with Crippen molar-refractivity contribution in [3.63, 3.8) is 0 Å². The van der Waals surface area contributed by atoms with E-state index in [2.05, 4.69) is 22.8 Å². The molecule has 0 saturated heterocycles. The second kappa shape index (κ2) is 9.45. The second-order valence-electron chi connectivity index (χ2n) is 6.85. The molecule has 0 aliphatic rings. The summed E-state index contributed by atoms with van der Waals surface area (Å²) in [5, 5.41) is 5.98. The van der Waals surface area contributed by atoms with Gasteiger partial charge in [-0.15, -0.1) is 11.3 Å². The number of ether oxygens (including phenoxy) is 2. The van der Waals surface area contributed by atoms with Crippen LogP contribution >= 0.6 is 11.3 Å². The van der Waals surface area contributed by atoms with Crippen LogP contribution in [0.15, 0.2) is 78.2 Å². The summed E-state index contributed by atoms with van der Waals surface area (Å²) in [7, 11) is 3.11. The molecular formula is C25H22N2O3S. The normalized spacial score (nSPS) is 10.5. The van der Waals surface area contributed by atoms with Crippen molar-refractivity contribution in [2.75, 3.05) is 14.2 Å². The molecule has 4 aromatic rings. The molecule has 0 saturated carbocycles. The molecule has 0 unspecified atom stereocenters. The van der Waals surface area contributed by atoms with E-state index in [0.717, 1.165) is 27.4 Å². The Morgan fingerprint density at radius 2 is 1.65 bits per heavy atom. The van der Waals surface area contributed by atoms with Crippen LogP contribution in [0.1, 0.15) is 15.9 Å². The van der Waals surface area contributed by atoms with E-state index in [1.54, 1.807) is 43.8 Å². The Morgan fingerprint density at radius 1 is 0.903 bits per heavy atom. The van der Waals surface area contributed by atoms with Gasteiger partial charge in [0.25, 0.3) is 5.91 Å². The van der Waals surface area contributed by atoms with E-state index in [4.69, 9.17) is 14.5 Å². The minimum absolute atomic E-state index is 0.169. The molecule has 1 N–H and O–H groups in total. The third kappa shape index (κ3) is 4.75. The molecule has 31 heavy (non-hydrogen) atoms. The monoisotopic (exact) mass is 430 g/mol. The van der Waals surface area contributed by atoms with E-state index in [9.17, 15) is 4.79 Å². The standard InChI is InChI=1S/C25H22N2O3S/c1-29-22-13-12-20(14-23(22)30-2)24(28)26-15-17-8-10-19(11-9-17)25-27-21(16-31-25)18-6-4-3-5-7-18/h3-14,16H,15H2,1-2H3,(H,26,28). The zero-order valence-electron chi connectivity index (χ0n) is 17.3. The van der Waals surface area contributed by atoms with E-state index in [0.29, 0.717) is 23.6 Å². The van der Waals surface area contributed by atoms with Crippen LogP contribution in [-0.4, -0.2) is 25.1 Å². The maximum Gasteiger partial charge on any atom is 0.251 e. The Hall–Kier alpha value is -3.64. The summed E-state index contributed by atoms with van der Waals surface area (Å²) in [6.45, 7) is 0.431. The summed E-state index contributed by atoms with van der Waals surface area (Å²) in [6.07, 6.45) is 0. The molecule has 0 atom stereocenters. The maximum absolute atomic E-state index is 12.5. The van der Waals surface area contributed by atoms with Gasteiger partial charge in [0.1, 0.15) is 5.01 Å². The molecule has 0 radical (unpaired) electrons. The molecule has 0 bridgehead atoms. The Labute approximate surface area is 185 Å². The van der Waals surface area contributed by atoms with Crippen molar-refractivity contribution in [1.29, 1.82) is 0 Å². The predicted molar refractivity (Wildman–Crippen MR) is 124 cm³/mol. The lowest BCUT2D eigenvalue weighted by molar-refractivity contribution is 0.0950. The minimum atomic E-state index is -0.169. The summed E-state index contributed by atoms with van der Waals surface area (Å²) < 4.78 is 10.5. The number of nitrogens with one attached hydrogen (secondary N) is 1. The van der Waals surface area contributed by atoms with E-state index in [-0.39, 0.29) is 5.91 Å². The summed E-state index contributed by atoms with van der Waals surface area (Å²) >= 11 is 1.62. The molecule has 3 aromatic carbocycles. The number of amides is 1. The van der Waals surface area contributed by atoms with Gasteiger partial charge in [0.05, 0.1) is 19.9 Å². The summed E-state index contributed by atoms with van der Waals surface area (Å²) in [5.74, 6) is 0.947. The maximum atomic E-state index is 12.5. The molecule has 0 fully saturated rings. The molecule has 0 spiro atoms. The first-order valence-corrected chi connectivity index (χ1v) is 10.7. The molecule has 1 heterocycles. The van der Waals surface area contributed by atoms with E-state index < -0.39 is 0 Å². The molecule has 156 valence electrons. The Kier molecular flexibility index (Phi) is 6.29. The predicted octanol–water partition coefficient (Wildman–Crippen LogP) is 5.42. The number of benzene rings is 3. The molecule has 6 heteroatoms. The molecule has 0 aliphatic heterocycles. The fraction of sp³-hybridized carbons (Fsp3) is 0.120. The average Bonchev–Trinajstić information content (AvgIpc) is 3.33. The lowest BCUT2D eigenvalue weighted by atomic mass is 10.1. The van der Waals surface area contributed by atoms with Crippen LogP contribution in [0, 0.1) is 0 Å². The summed E-state index contributed by atoms with van der Waals surface area (Å²) in [4.78, 5) is 17.2. The lowest BCUT2D eigenvalue weighted by Crippen LogP contribution is -2.22.